The Morgan fingerprint density at radius 3 is 1.84 bits per heavy atom. The molecule has 1 aliphatic heterocycles. The highest BCUT2D eigenvalue weighted by Crippen LogP contribution is 2.27. The van der Waals surface area contributed by atoms with E-state index in [1.54, 1.807) is 24.3 Å². The van der Waals surface area contributed by atoms with Gasteiger partial charge in [0.25, 0.3) is 0 Å². The Balaban J connectivity index is 0.00000442. The number of rotatable bonds is 6. The number of halogens is 1. The largest absolute Gasteiger partial charge is 0.303 e. The summed E-state index contributed by atoms with van der Waals surface area (Å²) >= 11 is 0. The zero-order valence-corrected chi connectivity index (χ0v) is 28.2. The summed E-state index contributed by atoms with van der Waals surface area (Å²) in [4.78, 5) is 2.93. The second-order valence-electron chi connectivity index (χ2n) is 12.3. The summed E-state index contributed by atoms with van der Waals surface area (Å²) in [5.74, 6) is 0.645. The minimum Gasteiger partial charge on any atom is -0.303 e. The highest BCUT2D eigenvalue weighted by molar-refractivity contribution is 7.89. The number of nitrogens with zero attached hydrogens (tertiary/aromatic N) is 3. The summed E-state index contributed by atoms with van der Waals surface area (Å²) in [7, 11) is -7.63. The van der Waals surface area contributed by atoms with Gasteiger partial charge in [0.05, 0.1) is 9.79 Å². The Labute approximate surface area is 270 Å². The predicted octanol–water partition coefficient (Wildman–Crippen LogP) is 6.48. The monoisotopic (exact) mass is 659 g/mol. The van der Waals surface area contributed by atoms with Crippen molar-refractivity contribution < 1.29 is 16.8 Å². The minimum atomic E-state index is -3.84. The van der Waals surface area contributed by atoms with E-state index in [0.717, 1.165) is 36.0 Å². The summed E-state index contributed by atoms with van der Waals surface area (Å²) in [6.07, 6.45) is 7.71. The number of aryl methyl sites for hydroxylation is 1. The van der Waals surface area contributed by atoms with Gasteiger partial charge in [0.1, 0.15) is 0 Å². The molecule has 44 heavy (non-hydrogen) atoms. The zero-order chi connectivity index (χ0) is 30.5. The van der Waals surface area contributed by atoms with Crippen LogP contribution in [0.25, 0.3) is 10.8 Å². The van der Waals surface area contributed by atoms with Crippen molar-refractivity contribution in [3.63, 3.8) is 0 Å². The molecule has 0 bridgehead atoms. The van der Waals surface area contributed by atoms with Crippen LogP contribution in [0, 0.1) is 12.8 Å². The van der Waals surface area contributed by atoms with Gasteiger partial charge in [0.2, 0.25) is 20.0 Å². The van der Waals surface area contributed by atoms with E-state index in [9.17, 15) is 16.8 Å². The van der Waals surface area contributed by atoms with Crippen LogP contribution < -0.4 is 0 Å². The molecule has 0 unspecified atom stereocenters. The van der Waals surface area contributed by atoms with Crippen LogP contribution in [-0.4, -0.2) is 76.2 Å². The first-order valence-electron chi connectivity index (χ1n) is 15.6. The lowest BCUT2D eigenvalue weighted by Crippen LogP contribution is -2.42. The summed E-state index contributed by atoms with van der Waals surface area (Å²) in [6, 6.07) is 19.9. The fourth-order valence-electron chi connectivity index (χ4n) is 6.42. The first kappa shape index (κ1) is 34.6. The quantitative estimate of drug-likeness (QED) is 0.283. The molecule has 0 N–H and O–H groups in total. The van der Waals surface area contributed by atoms with E-state index in [2.05, 4.69) is 11.5 Å². The Morgan fingerprint density at radius 2 is 1.23 bits per heavy atom. The lowest BCUT2D eigenvalue weighted by Gasteiger charge is -2.33. The van der Waals surface area contributed by atoms with Gasteiger partial charge < -0.3 is 4.90 Å². The van der Waals surface area contributed by atoms with Gasteiger partial charge >= 0.3 is 0 Å². The van der Waals surface area contributed by atoms with Crippen molar-refractivity contribution in [1.29, 1.82) is 0 Å². The van der Waals surface area contributed by atoms with Crippen molar-refractivity contribution in [2.45, 2.75) is 61.7 Å². The van der Waals surface area contributed by atoms with E-state index < -0.39 is 20.0 Å². The van der Waals surface area contributed by atoms with Crippen LogP contribution in [0.15, 0.2) is 88.7 Å². The molecule has 0 amide bonds. The molecule has 240 valence electrons. The van der Waals surface area contributed by atoms with Crippen LogP contribution >= 0.6 is 12.4 Å². The number of fused-ring (bicyclic) bond motifs is 1. The van der Waals surface area contributed by atoms with Gasteiger partial charge in [-0.2, -0.15) is 8.61 Å². The smallest absolute Gasteiger partial charge is 0.243 e. The van der Waals surface area contributed by atoms with Gasteiger partial charge in [0.15, 0.2) is 0 Å². The molecule has 10 heteroatoms. The predicted molar refractivity (Wildman–Crippen MR) is 181 cm³/mol. The number of hydrogen-bond donors (Lipinski definition) is 0. The van der Waals surface area contributed by atoms with Crippen LogP contribution in [0.3, 0.4) is 0 Å². The molecule has 0 radical (unpaired) electrons. The fourth-order valence-corrected chi connectivity index (χ4v) is 9.46. The van der Waals surface area contributed by atoms with E-state index in [4.69, 9.17) is 0 Å². The molecule has 1 aliphatic carbocycles. The van der Waals surface area contributed by atoms with Crippen LogP contribution in [0.1, 0.15) is 50.5 Å². The topological polar surface area (TPSA) is 78.0 Å². The summed E-state index contributed by atoms with van der Waals surface area (Å²) in [6.45, 7) is 9.50. The van der Waals surface area contributed by atoms with Gasteiger partial charge in [-0.15, -0.1) is 12.4 Å². The summed E-state index contributed by atoms with van der Waals surface area (Å²) < 4.78 is 58.8. The van der Waals surface area contributed by atoms with E-state index in [-0.39, 0.29) is 35.3 Å². The Hall–Kier alpha value is -2.27. The number of benzene rings is 3. The second-order valence-corrected chi connectivity index (χ2v) is 16.1. The SMILES string of the molecule is C=C1CN(S(=O)(=O)c2ccc(C)cc2)CCCN(CC2CCCCC2)CCCN(S(=O)(=O)c2ccc3ccccc3c2)C1.Cl. The third kappa shape index (κ3) is 8.50. The second kappa shape index (κ2) is 15.3. The lowest BCUT2D eigenvalue weighted by atomic mass is 9.89. The van der Waals surface area contributed by atoms with Crippen LogP contribution in [-0.2, 0) is 20.0 Å². The summed E-state index contributed by atoms with van der Waals surface area (Å²) in [5, 5.41) is 1.85. The van der Waals surface area contributed by atoms with Crippen LogP contribution in [0.4, 0.5) is 0 Å². The molecule has 2 aliphatic rings. The Bertz CT molecular complexity index is 1620. The van der Waals surface area contributed by atoms with Crippen molar-refractivity contribution in [1.82, 2.24) is 13.5 Å². The maximum atomic E-state index is 14.1. The third-order valence-corrected chi connectivity index (χ3v) is 12.5. The van der Waals surface area contributed by atoms with E-state index >= 15 is 0 Å². The normalized spacial score (nSPS) is 19.6. The van der Waals surface area contributed by atoms with E-state index in [0.29, 0.717) is 37.4 Å². The van der Waals surface area contributed by atoms with Gasteiger partial charge in [-0.25, -0.2) is 16.8 Å². The first-order chi connectivity index (χ1) is 20.6. The molecular formula is C34H46ClN3O4S2. The van der Waals surface area contributed by atoms with Crippen LogP contribution in [0.2, 0.25) is 0 Å². The van der Waals surface area contributed by atoms with E-state index in [1.165, 1.54) is 40.7 Å². The van der Waals surface area contributed by atoms with Gasteiger partial charge in [-0.05, 0) is 92.2 Å². The molecule has 5 rings (SSSR count). The third-order valence-electron chi connectivity index (χ3n) is 8.82. The average molecular weight is 660 g/mol. The zero-order valence-electron chi connectivity index (χ0n) is 25.7. The molecule has 0 spiro atoms. The molecule has 1 saturated carbocycles. The lowest BCUT2D eigenvalue weighted by molar-refractivity contribution is 0.188. The van der Waals surface area contributed by atoms with Gasteiger partial charge in [-0.1, -0.05) is 73.9 Å². The molecule has 0 atom stereocenters. The van der Waals surface area contributed by atoms with Crippen molar-refractivity contribution in [2.75, 3.05) is 45.8 Å². The van der Waals surface area contributed by atoms with Crippen molar-refractivity contribution in [2.24, 2.45) is 5.92 Å². The highest BCUT2D eigenvalue weighted by atomic mass is 35.5. The highest BCUT2D eigenvalue weighted by Gasteiger charge is 2.30. The Kier molecular flexibility index (Phi) is 12.1. The maximum absolute atomic E-state index is 14.1. The standard InChI is InChI=1S/C34H45N3O4S2.ClH/c1-28-14-17-33(18-15-28)42(38,39)36-22-8-20-35(27-30-10-4-3-5-11-30)21-9-23-37(26-29(2)25-36)43(40,41)34-19-16-31-12-6-7-13-32(31)24-34;/h6-7,12-19,24,30H,2-5,8-11,20-23,25-27H2,1H3;1H. The molecule has 3 aromatic rings. The average Bonchev–Trinajstić information content (AvgIpc) is 2.99. The summed E-state index contributed by atoms with van der Waals surface area (Å²) in [5.41, 5.74) is 1.55. The van der Waals surface area contributed by atoms with Crippen molar-refractivity contribution in [3.8, 4) is 0 Å². The maximum Gasteiger partial charge on any atom is 0.243 e. The molecule has 7 nitrogen and oxygen atoms in total. The molecule has 3 aromatic carbocycles. The molecule has 1 saturated heterocycles. The molecule has 0 aromatic heterocycles. The van der Waals surface area contributed by atoms with Gasteiger partial charge in [0, 0.05) is 32.7 Å². The van der Waals surface area contributed by atoms with Gasteiger partial charge in [-0.3, -0.25) is 0 Å². The number of sulfonamides is 2. The first-order valence-corrected chi connectivity index (χ1v) is 18.5. The fraction of sp³-hybridized carbons (Fsp3) is 0.471. The molecule has 2 fully saturated rings. The van der Waals surface area contributed by atoms with Crippen LogP contribution in [0.5, 0.6) is 0 Å². The van der Waals surface area contributed by atoms with Crippen molar-refractivity contribution in [3.05, 3.63) is 84.4 Å². The van der Waals surface area contributed by atoms with E-state index in [1.807, 2.05) is 49.4 Å². The number of hydrogen-bond acceptors (Lipinski definition) is 5. The minimum absolute atomic E-state index is 0. The Morgan fingerprint density at radius 1 is 0.682 bits per heavy atom. The molecule has 1 heterocycles. The molecular weight excluding hydrogens is 614 g/mol. The van der Waals surface area contributed by atoms with Crippen molar-refractivity contribution >= 4 is 43.2 Å².